The molecule has 0 aromatic heterocycles. The van der Waals surface area contributed by atoms with E-state index in [4.69, 9.17) is 0 Å². The van der Waals surface area contributed by atoms with Crippen molar-refractivity contribution < 1.29 is 19.3 Å². The van der Waals surface area contributed by atoms with Gasteiger partial charge in [-0.25, -0.2) is 9.69 Å². The molecule has 4 rings (SSSR count). The van der Waals surface area contributed by atoms with Crippen LogP contribution in [0.1, 0.15) is 32.6 Å². The molecule has 1 aromatic rings. The first-order valence-corrected chi connectivity index (χ1v) is 10.4. The van der Waals surface area contributed by atoms with Crippen LogP contribution >= 0.6 is 0 Å². The lowest BCUT2D eigenvalue weighted by Gasteiger charge is -2.35. The van der Waals surface area contributed by atoms with E-state index in [-0.39, 0.29) is 18.6 Å². The summed E-state index contributed by atoms with van der Waals surface area (Å²) in [4.78, 5) is 43.9. The lowest BCUT2D eigenvalue weighted by Crippen LogP contribution is -3.16. The number of quaternary nitrogens is 1. The number of anilines is 1. The van der Waals surface area contributed by atoms with E-state index in [0.29, 0.717) is 0 Å². The summed E-state index contributed by atoms with van der Waals surface area (Å²) in [5.41, 5.74) is 1.20. The maximum atomic E-state index is 12.9. The Bertz CT molecular complexity index is 745. The Balaban J connectivity index is 1.38. The molecule has 0 bridgehead atoms. The molecule has 0 spiro atoms. The van der Waals surface area contributed by atoms with Crippen molar-refractivity contribution in [3.8, 4) is 0 Å². The van der Waals surface area contributed by atoms with Crippen molar-refractivity contribution in [2.24, 2.45) is 5.92 Å². The highest BCUT2D eigenvalue weighted by atomic mass is 16.2. The monoisotopic (exact) mass is 385 g/mol. The maximum Gasteiger partial charge on any atom is 0.338 e. The number of para-hydroxylation sites is 1. The lowest BCUT2D eigenvalue weighted by molar-refractivity contribution is -0.907. The molecular weight excluding hydrogens is 356 g/mol. The van der Waals surface area contributed by atoms with E-state index in [2.05, 4.69) is 24.0 Å². The Hall–Kier alpha value is -2.41. The Morgan fingerprint density at radius 3 is 2.32 bits per heavy atom. The molecule has 2 aliphatic heterocycles. The first-order chi connectivity index (χ1) is 13.6. The van der Waals surface area contributed by atoms with Crippen molar-refractivity contribution >= 4 is 23.5 Å². The molecule has 150 valence electrons. The Morgan fingerprint density at radius 1 is 0.964 bits per heavy atom. The number of amides is 4. The summed E-state index contributed by atoms with van der Waals surface area (Å²) in [5, 5.41) is 0. The maximum absolute atomic E-state index is 12.9. The Labute approximate surface area is 165 Å². The van der Waals surface area contributed by atoms with Crippen LogP contribution in [0.4, 0.5) is 10.5 Å². The second-order valence-electron chi connectivity index (χ2n) is 8.25. The van der Waals surface area contributed by atoms with E-state index in [1.54, 1.807) is 0 Å². The van der Waals surface area contributed by atoms with Crippen molar-refractivity contribution in [3.05, 3.63) is 30.3 Å². The predicted molar refractivity (Wildman–Crippen MR) is 105 cm³/mol. The number of hydrogen-bond donors (Lipinski definition) is 1. The summed E-state index contributed by atoms with van der Waals surface area (Å²) < 4.78 is 0. The molecule has 7 nitrogen and oxygen atoms in total. The Morgan fingerprint density at radius 2 is 1.64 bits per heavy atom. The number of benzene rings is 1. The fourth-order valence-corrected chi connectivity index (χ4v) is 4.74. The first-order valence-electron chi connectivity index (χ1n) is 10.4. The number of nitrogens with zero attached hydrogens (tertiary/aromatic N) is 3. The van der Waals surface area contributed by atoms with E-state index in [0.717, 1.165) is 51.9 Å². The molecule has 1 saturated carbocycles. The van der Waals surface area contributed by atoms with Crippen molar-refractivity contribution in [3.63, 3.8) is 0 Å². The van der Waals surface area contributed by atoms with Crippen LogP contribution in [0.3, 0.4) is 0 Å². The van der Waals surface area contributed by atoms with Crippen LogP contribution in [-0.2, 0) is 9.59 Å². The molecule has 1 aromatic carbocycles. The number of carbonyl (C=O) groups is 3. The van der Waals surface area contributed by atoms with Crippen LogP contribution in [0, 0.1) is 5.92 Å². The van der Waals surface area contributed by atoms with Gasteiger partial charge < -0.3 is 9.80 Å². The van der Waals surface area contributed by atoms with Crippen molar-refractivity contribution in [2.45, 2.75) is 38.6 Å². The molecule has 3 aliphatic rings. The standard InChI is InChI=1S/C21H28N4O3/c1-16-7-5-6-10-18(16)25-20(27)19(26)24(21(25)28)15-22-11-13-23(14-12-22)17-8-3-2-4-9-17/h2-4,8-9,16,18H,5-7,10-15H2,1H3/p+1/t16-,18-/m1/s1. The molecule has 2 atom stereocenters. The summed E-state index contributed by atoms with van der Waals surface area (Å²) in [6.07, 6.45) is 3.94. The van der Waals surface area contributed by atoms with E-state index >= 15 is 0 Å². The smallest absolute Gasteiger partial charge is 0.338 e. The highest BCUT2D eigenvalue weighted by molar-refractivity contribution is 6.44. The van der Waals surface area contributed by atoms with Crippen LogP contribution < -0.4 is 9.80 Å². The number of carbonyl (C=O) groups excluding carboxylic acids is 3. The van der Waals surface area contributed by atoms with Crippen molar-refractivity contribution in [1.29, 1.82) is 0 Å². The summed E-state index contributed by atoms with van der Waals surface area (Å²) in [5.74, 6) is -1.03. The van der Waals surface area contributed by atoms with Gasteiger partial charge in [0.15, 0.2) is 6.67 Å². The second kappa shape index (κ2) is 7.91. The molecule has 3 fully saturated rings. The molecule has 1 aliphatic carbocycles. The van der Waals surface area contributed by atoms with Gasteiger partial charge in [-0.15, -0.1) is 0 Å². The van der Waals surface area contributed by atoms with Gasteiger partial charge in [0.25, 0.3) is 0 Å². The Kier molecular flexibility index (Phi) is 5.35. The van der Waals surface area contributed by atoms with Crippen LogP contribution in [0.25, 0.3) is 0 Å². The van der Waals surface area contributed by atoms with E-state index in [9.17, 15) is 14.4 Å². The quantitative estimate of drug-likeness (QED) is 0.613. The van der Waals surface area contributed by atoms with Gasteiger partial charge in [-0.1, -0.05) is 38.0 Å². The second-order valence-corrected chi connectivity index (χ2v) is 8.25. The van der Waals surface area contributed by atoms with Gasteiger partial charge in [0.05, 0.1) is 26.2 Å². The minimum Gasteiger partial charge on any atom is -0.360 e. The zero-order chi connectivity index (χ0) is 19.7. The van der Waals surface area contributed by atoms with Gasteiger partial charge in [-0.3, -0.25) is 14.5 Å². The molecule has 2 heterocycles. The van der Waals surface area contributed by atoms with Crippen LogP contribution in [0.5, 0.6) is 0 Å². The molecule has 7 heteroatoms. The molecule has 28 heavy (non-hydrogen) atoms. The minimum absolute atomic E-state index is 0.132. The van der Waals surface area contributed by atoms with E-state index < -0.39 is 17.8 Å². The number of rotatable bonds is 4. The molecule has 1 N–H and O–H groups in total. The minimum atomic E-state index is -0.652. The molecule has 0 unspecified atom stereocenters. The summed E-state index contributed by atoms with van der Waals surface area (Å²) in [7, 11) is 0. The summed E-state index contributed by atoms with van der Waals surface area (Å²) in [6, 6.07) is 9.72. The predicted octanol–water partition coefficient (Wildman–Crippen LogP) is 0.719. The third-order valence-corrected chi connectivity index (χ3v) is 6.46. The third kappa shape index (κ3) is 3.51. The van der Waals surface area contributed by atoms with Gasteiger partial charge >= 0.3 is 17.8 Å². The zero-order valence-electron chi connectivity index (χ0n) is 16.5. The van der Waals surface area contributed by atoms with Crippen molar-refractivity contribution in [1.82, 2.24) is 9.80 Å². The first kappa shape index (κ1) is 18.9. The zero-order valence-corrected chi connectivity index (χ0v) is 16.5. The topological polar surface area (TPSA) is 65.4 Å². The number of nitrogens with one attached hydrogen (secondary N) is 1. The van der Waals surface area contributed by atoms with E-state index in [1.807, 2.05) is 18.2 Å². The van der Waals surface area contributed by atoms with Gasteiger partial charge in [0, 0.05) is 11.7 Å². The molecule has 4 amide bonds. The summed E-state index contributed by atoms with van der Waals surface area (Å²) in [6.45, 7) is 5.76. The average Bonchev–Trinajstić information content (AvgIpc) is 2.93. The number of urea groups is 1. The lowest BCUT2D eigenvalue weighted by atomic mass is 9.85. The SMILES string of the molecule is C[C@@H]1CCCC[C@H]1N1C(=O)C(=O)N(C[NH+]2CCN(c3ccccc3)CC2)C1=O. The van der Waals surface area contributed by atoms with Gasteiger partial charge in [0.1, 0.15) is 0 Å². The van der Waals surface area contributed by atoms with Crippen LogP contribution in [0.2, 0.25) is 0 Å². The average molecular weight is 385 g/mol. The van der Waals surface area contributed by atoms with Gasteiger partial charge in [-0.05, 0) is 30.9 Å². The third-order valence-electron chi connectivity index (χ3n) is 6.46. The van der Waals surface area contributed by atoms with Crippen LogP contribution in [-0.4, -0.2) is 66.5 Å². The molecule has 2 saturated heterocycles. The van der Waals surface area contributed by atoms with Crippen LogP contribution in [0.15, 0.2) is 30.3 Å². The number of piperazine rings is 1. The number of hydrogen-bond acceptors (Lipinski definition) is 4. The summed E-state index contributed by atoms with van der Waals surface area (Å²) >= 11 is 0. The molecular formula is C21H29N4O3+. The largest absolute Gasteiger partial charge is 0.360 e. The highest BCUT2D eigenvalue weighted by Gasteiger charge is 2.50. The van der Waals surface area contributed by atoms with Crippen molar-refractivity contribution in [2.75, 3.05) is 37.7 Å². The fourth-order valence-electron chi connectivity index (χ4n) is 4.74. The molecule has 0 radical (unpaired) electrons. The normalized spacial score (nSPS) is 27.0. The number of imide groups is 2. The van der Waals surface area contributed by atoms with E-state index in [1.165, 1.54) is 20.4 Å². The van der Waals surface area contributed by atoms with Gasteiger partial charge in [-0.2, -0.15) is 0 Å². The fraction of sp³-hybridized carbons (Fsp3) is 0.571. The highest BCUT2D eigenvalue weighted by Crippen LogP contribution is 2.30. The van der Waals surface area contributed by atoms with Gasteiger partial charge in [0.2, 0.25) is 0 Å².